The van der Waals surface area contributed by atoms with Crippen LogP contribution in [0.15, 0.2) is 54.6 Å². The van der Waals surface area contributed by atoms with Crippen molar-refractivity contribution < 1.29 is 43.1 Å². The van der Waals surface area contributed by atoms with E-state index < -0.39 is 42.6 Å². The Labute approximate surface area is 202 Å². The molecule has 0 aliphatic carbocycles. The predicted octanol–water partition coefficient (Wildman–Crippen LogP) is 2.46. The molecule has 0 bridgehead atoms. The Morgan fingerprint density at radius 2 is 1.71 bits per heavy atom. The van der Waals surface area contributed by atoms with Gasteiger partial charge in [-0.05, 0) is 29.8 Å². The van der Waals surface area contributed by atoms with E-state index in [2.05, 4.69) is 0 Å². The molecule has 1 fully saturated rings. The number of aliphatic hydroxyl groups is 1. The van der Waals surface area contributed by atoms with Crippen LogP contribution in [-0.4, -0.2) is 67.3 Å². The van der Waals surface area contributed by atoms with E-state index in [1.54, 1.807) is 31.4 Å². The molecule has 1 aliphatic rings. The van der Waals surface area contributed by atoms with E-state index in [0.717, 1.165) is 5.56 Å². The minimum absolute atomic E-state index is 0.129. The van der Waals surface area contributed by atoms with Gasteiger partial charge in [0.05, 0.1) is 13.7 Å². The van der Waals surface area contributed by atoms with Gasteiger partial charge in [0.15, 0.2) is 6.10 Å². The van der Waals surface area contributed by atoms with Gasteiger partial charge in [0.25, 0.3) is 0 Å². The molecule has 9 nitrogen and oxygen atoms in total. The van der Waals surface area contributed by atoms with Crippen LogP contribution in [0.4, 0.5) is 0 Å². The normalized spacial score (nSPS) is 24.2. The number of carbonyl (C=O) groups is 2. The van der Waals surface area contributed by atoms with Crippen molar-refractivity contribution in [3.63, 3.8) is 0 Å². The van der Waals surface area contributed by atoms with E-state index >= 15 is 0 Å². The second kappa shape index (κ2) is 12.6. The maximum absolute atomic E-state index is 11.9. The number of benzene rings is 2. The van der Waals surface area contributed by atoms with Crippen molar-refractivity contribution in [2.45, 2.75) is 44.2 Å². The van der Waals surface area contributed by atoms with Crippen molar-refractivity contribution in [1.29, 1.82) is 0 Å². The molecule has 0 aromatic heterocycles. The number of methoxy groups -OCH3 is 1. The smallest absolute Gasteiger partial charge is 0.320 e. The van der Waals surface area contributed by atoms with Crippen LogP contribution < -0.4 is 9.47 Å². The molecule has 0 amide bonds. The Kier molecular flexibility index (Phi) is 9.52. The summed E-state index contributed by atoms with van der Waals surface area (Å²) in [6.45, 7) is 1.07. The second-order valence-corrected chi connectivity index (χ2v) is 7.75. The Morgan fingerprint density at radius 1 is 1.03 bits per heavy atom. The Morgan fingerprint density at radius 3 is 2.32 bits per heavy atom. The average molecular weight is 495 g/mol. The Balaban J connectivity index is 1.85. The third-order valence-electron chi connectivity index (χ3n) is 5.04. The SMILES string of the molecule is COc1ccc(O[C@H]2O[C@H](COC(=O)CCl)[C@@H](O)[C@H](OCc3ccccc3)[C@@H]2OC(C)=O)cc1. The molecule has 1 heterocycles. The van der Waals surface area contributed by atoms with E-state index in [1.807, 2.05) is 30.3 Å². The zero-order valence-corrected chi connectivity index (χ0v) is 19.6. The molecule has 1 saturated heterocycles. The molecule has 2 aromatic carbocycles. The van der Waals surface area contributed by atoms with Crippen LogP contribution in [-0.2, 0) is 35.1 Å². The number of alkyl halides is 1. The van der Waals surface area contributed by atoms with Crippen LogP contribution in [0.1, 0.15) is 12.5 Å². The number of carbonyl (C=O) groups excluding carboxylic acids is 2. The quantitative estimate of drug-likeness (QED) is 0.393. The largest absolute Gasteiger partial charge is 0.497 e. The lowest BCUT2D eigenvalue weighted by atomic mass is 9.98. The summed E-state index contributed by atoms with van der Waals surface area (Å²) in [6, 6.07) is 16.0. The zero-order chi connectivity index (χ0) is 24.5. The molecule has 10 heteroatoms. The molecular formula is C24H27ClO9. The van der Waals surface area contributed by atoms with Crippen molar-refractivity contribution in [3.05, 3.63) is 60.2 Å². The van der Waals surface area contributed by atoms with Gasteiger partial charge in [-0.2, -0.15) is 0 Å². The molecule has 184 valence electrons. The van der Waals surface area contributed by atoms with Crippen LogP contribution in [0.5, 0.6) is 11.5 Å². The first-order valence-electron chi connectivity index (χ1n) is 10.6. The van der Waals surface area contributed by atoms with Gasteiger partial charge >= 0.3 is 11.9 Å². The Bertz CT molecular complexity index is 922. The highest BCUT2D eigenvalue weighted by molar-refractivity contribution is 6.26. The van der Waals surface area contributed by atoms with Crippen LogP contribution in [0.3, 0.4) is 0 Å². The highest BCUT2D eigenvalue weighted by Gasteiger charge is 2.49. The van der Waals surface area contributed by atoms with Crippen LogP contribution in [0, 0.1) is 0 Å². The highest BCUT2D eigenvalue weighted by Crippen LogP contribution is 2.30. The van der Waals surface area contributed by atoms with Crippen molar-refractivity contribution in [1.82, 2.24) is 0 Å². The molecule has 0 saturated carbocycles. The zero-order valence-electron chi connectivity index (χ0n) is 18.8. The van der Waals surface area contributed by atoms with Gasteiger partial charge in [0, 0.05) is 6.92 Å². The van der Waals surface area contributed by atoms with Crippen molar-refractivity contribution >= 4 is 23.5 Å². The number of halogens is 1. The summed E-state index contributed by atoms with van der Waals surface area (Å²) in [5, 5.41) is 11.0. The first-order valence-corrected chi connectivity index (χ1v) is 11.1. The molecular weight excluding hydrogens is 468 g/mol. The molecule has 34 heavy (non-hydrogen) atoms. The number of esters is 2. The molecule has 1 aliphatic heterocycles. The minimum Gasteiger partial charge on any atom is -0.497 e. The van der Waals surface area contributed by atoms with E-state index in [4.69, 9.17) is 40.0 Å². The number of rotatable bonds is 10. The van der Waals surface area contributed by atoms with E-state index in [0.29, 0.717) is 11.5 Å². The van der Waals surface area contributed by atoms with Crippen LogP contribution >= 0.6 is 11.6 Å². The van der Waals surface area contributed by atoms with E-state index in [9.17, 15) is 14.7 Å². The molecule has 0 spiro atoms. The lowest BCUT2D eigenvalue weighted by Crippen LogP contribution is -2.62. The molecule has 1 N–H and O–H groups in total. The molecule has 0 unspecified atom stereocenters. The summed E-state index contributed by atoms with van der Waals surface area (Å²) in [5.41, 5.74) is 0.848. The average Bonchev–Trinajstić information content (AvgIpc) is 2.85. The fraction of sp³-hybridized carbons (Fsp3) is 0.417. The van der Waals surface area contributed by atoms with Gasteiger partial charge in [0.2, 0.25) is 6.29 Å². The monoisotopic (exact) mass is 494 g/mol. The van der Waals surface area contributed by atoms with Gasteiger partial charge in [-0.1, -0.05) is 30.3 Å². The second-order valence-electron chi connectivity index (χ2n) is 7.48. The summed E-state index contributed by atoms with van der Waals surface area (Å²) < 4.78 is 33.5. The molecule has 0 radical (unpaired) electrons. The predicted molar refractivity (Wildman–Crippen MR) is 121 cm³/mol. The maximum atomic E-state index is 11.9. The summed E-state index contributed by atoms with van der Waals surface area (Å²) in [6.07, 6.45) is -5.64. The highest BCUT2D eigenvalue weighted by atomic mass is 35.5. The number of aliphatic hydroxyl groups excluding tert-OH is 1. The van der Waals surface area contributed by atoms with Gasteiger partial charge < -0.3 is 33.5 Å². The van der Waals surface area contributed by atoms with Gasteiger partial charge in [-0.3, -0.25) is 9.59 Å². The van der Waals surface area contributed by atoms with E-state index in [-0.39, 0.29) is 19.1 Å². The summed E-state index contributed by atoms with van der Waals surface area (Å²) >= 11 is 5.50. The minimum atomic E-state index is -1.30. The standard InChI is InChI=1S/C24H27ClO9/c1-15(26)32-23-22(31-13-16-6-4-3-5-7-16)21(28)19(14-30-20(27)12-25)34-24(23)33-18-10-8-17(29-2)9-11-18/h3-11,19,21-24,28H,12-14H2,1-2H3/t19-,21-,22+,23+,24+/m1/s1. The van der Waals surface area contributed by atoms with Gasteiger partial charge in [-0.25, -0.2) is 0 Å². The van der Waals surface area contributed by atoms with Crippen LogP contribution in [0.25, 0.3) is 0 Å². The summed E-state index contributed by atoms with van der Waals surface area (Å²) in [4.78, 5) is 23.4. The van der Waals surface area contributed by atoms with Gasteiger partial charge in [0.1, 0.15) is 42.3 Å². The van der Waals surface area contributed by atoms with Gasteiger partial charge in [-0.15, -0.1) is 11.6 Å². The van der Waals surface area contributed by atoms with Crippen molar-refractivity contribution in [2.75, 3.05) is 19.6 Å². The Hall–Kier alpha value is -2.85. The lowest BCUT2D eigenvalue weighted by Gasteiger charge is -2.43. The third kappa shape index (κ3) is 7.07. The summed E-state index contributed by atoms with van der Waals surface area (Å²) in [7, 11) is 1.54. The molecule has 3 rings (SSSR count). The first kappa shape index (κ1) is 25.8. The molecule has 5 atom stereocenters. The van der Waals surface area contributed by atoms with E-state index in [1.165, 1.54) is 6.92 Å². The number of hydrogen-bond donors (Lipinski definition) is 1. The number of hydrogen-bond acceptors (Lipinski definition) is 9. The summed E-state index contributed by atoms with van der Waals surface area (Å²) in [5.74, 6) is -0.603. The lowest BCUT2D eigenvalue weighted by molar-refractivity contribution is -0.292. The third-order valence-corrected chi connectivity index (χ3v) is 5.25. The maximum Gasteiger partial charge on any atom is 0.320 e. The van der Waals surface area contributed by atoms with Crippen molar-refractivity contribution in [3.8, 4) is 11.5 Å². The van der Waals surface area contributed by atoms with Crippen LogP contribution in [0.2, 0.25) is 0 Å². The van der Waals surface area contributed by atoms with Crippen molar-refractivity contribution in [2.24, 2.45) is 0 Å². The number of ether oxygens (including phenoxy) is 6. The topological polar surface area (TPSA) is 110 Å². The fourth-order valence-corrected chi connectivity index (χ4v) is 3.48. The first-order chi connectivity index (χ1) is 16.4. The molecule has 2 aromatic rings. The fourth-order valence-electron chi connectivity index (χ4n) is 3.40.